The van der Waals surface area contributed by atoms with Gasteiger partial charge < -0.3 is 15.3 Å². The van der Waals surface area contributed by atoms with Gasteiger partial charge in [0.1, 0.15) is 0 Å². The van der Waals surface area contributed by atoms with E-state index in [1.54, 1.807) is 0 Å². The molecule has 3 fully saturated rings. The van der Waals surface area contributed by atoms with Crippen LogP contribution in [0.2, 0.25) is 0 Å². The molecule has 1 aliphatic heterocycles. The summed E-state index contributed by atoms with van der Waals surface area (Å²) in [6, 6.07) is 0.610. The fraction of sp³-hybridized carbons (Fsp3) is 1.00. The van der Waals surface area contributed by atoms with Gasteiger partial charge >= 0.3 is 0 Å². The SMILES string of the molecule is CCC(O)C1CC(NCC2CC2)CN(CC2CC2)C1. The highest BCUT2D eigenvalue weighted by Gasteiger charge is 2.34. The third-order valence-corrected chi connectivity index (χ3v) is 5.13. The molecule has 2 N–H and O–H groups in total. The van der Waals surface area contributed by atoms with Crippen LogP contribution in [0.1, 0.15) is 45.4 Å². The Labute approximate surface area is 117 Å². The van der Waals surface area contributed by atoms with Crippen molar-refractivity contribution in [1.29, 1.82) is 0 Å². The van der Waals surface area contributed by atoms with E-state index in [1.807, 2.05) is 0 Å². The molecule has 0 spiro atoms. The average Bonchev–Trinajstić information content (AvgIpc) is 3.29. The second-order valence-electron chi connectivity index (χ2n) is 7.18. The monoisotopic (exact) mass is 266 g/mol. The predicted molar refractivity (Wildman–Crippen MR) is 78.1 cm³/mol. The number of nitrogens with zero attached hydrogens (tertiary/aromatic N) is 1. The first-order valence-corrected chi connectivity index (χ1v) is 8.38. The Balaban J connectivity index is 1.51. The van der Waals surface area contributed by atoms with E-state index in [0.717, 1.165) is 24.8 Å². The summed E-state index contributed by atoms with van der Waals surface area (Å²) in [4.78, 5) is 2.62. The summed E-state index contributed by atoms with van der Waals surface area (Å²) >= 11 is 0. The summed E-state index contributed by atoms with van der Waals surface area (Å²) in [6.07, 6.45) is 7.67. The zero-order valence-corrected chi connectivity index (χ0v) is 12.4. The van der Waals surface area contributed by atoms with E-state index in [2.05, 4.69) is 17.1 Å². The maximum Gasteiger partial charge on any atom is 0.0578 e. The molecule has 3 aliphatic rings. The molecule has 0 radical (unpaired) electrons. The van der Waals surface area contributed by atoms with Crippen LogP contribution < -0.4 is 5.32 Å². The van der Waals surface area contributed by atoms with Crippen molar-refractivity contribution < 1.29 is 5.11 Å². The third kappa shape index (κ3) is 4.17. The molecule has 1 heterocycles. The number of nitrogens with one attached hydrogen (secondary N) is 1. The molecule has 3 unspecified atom stereocenters. The molecule has 2 aliphatic carbocycles. The Bertz CT molecular complexity index is 288. The molecule has 3 atom stereocenters. The molecular formula is C16H30N2O. The number of hydrogen-bond donors (Lipinski definition) is 2. The van der Waals surface area contributed by atoms with Crippen molar-refractivity contribution in [2.24, 2.45) is 17.8 Å². The van der Waals surface area contributed by atoms with Crippen LogP contribution in [0.4, 0.5) is 0 Å². The molecular weight excluding hydrogens is 236 g/mol. The summed E-state index contributed by atoms with van der Waals surface area (Å²) < 4.78 is 0. The van der Waals surface area contributed by atoms with Crippen LogP contribution in [-0.4, -0.2) is 48.3 Å². The largest absolute Gasteiger partial charge is 0.393 e. The van der Waals surface area contributed by atoms with Crippen molar-refractivity contribution in [2.45, 2.75) is 57.6 Å². The van der Waals surface area contributed by atoms with Crippen LogP contribution in [0.5, 0.6) is 0 Å². The zero-order chi connectivity index (χ0) is 13.2. The molecule has 19 heavy (non-hydrogen) atoms. The Hall–Kier alpha value is -0.120. The molecule has 2 saturated carbocycles. The van der Waals surface area contributed by atoms with Crippen molar-refractivity contribution in [3.8, 4) is 0 Å². The van der Waals surface area contributed by atoms with Crippen LogP contribution in [0.25, 0.3) is 0 Å². The number of aliphatic hydroxyl groups is 1. The number of piperidine rings is 1. The topological polar surface area (TPSA) is 35.5 Å². The van der Waals surface area contributed by atoms with Gasteiger partial charge in [0.25, 0.3) is 0 Å². The number of hydrogen-bond acceptors (Lipinski definition) is 3. The van der Waals surface area contributed by atoms with Crippen molar-refractivity contribution in [3.05, 3.63) is 0 Å². The van der Waals surface area contributed by atoms with Crippen LogP contribution >= 0.6 is 0 Å². The maximum atomic E-state index is 10.2. The Kier molecular flexibility index (Phi) is 4.45. The van der Waals surface area contributed by atoms with Crippen molar-refractivity contribution in [1.82, 2.24) is 10.2 Å². The summed E-state index contributed by atoms with van der Waals surface area (Å²) in [5.74, 6) is 2.39. The van der Waals surface area contributed by atoms with E-state index in [9.17, 15) is 5.11 Å². The van der Waals surface area contributed by atoms with E-state index in [0.29, 0.717) is 12.0 Å². The molecule has 3 rings (SSSR count). The minimum atomic E-state index is -0.104. The molecule has 0 bridgehead atoms. The van der Waals surface area contributed by atoms with Crippen molar-refractivity contribution in [2.75, 3.05) is 26.2 Å². The van der Waals surface area contributed by atoms with Crippen molar-refractivity contribution in [3.63, 3.8) is 0 Å². The maximum absolute atomic E-state index is 10.2. The van der Waals surface area contributed by atoms with Gasteiger partial charge in [0.15, 0.2) is 0 Å². The first kappa shape index (κ1) is 13.8. The number of aliphatic hydroxyl groups excluding tert-OH is 1. The smallest absolute Gasteiger partial charge is 0.0578 e. The minimum Gasteiger partial charge on any atom is -0.393 e. The van der Waals surface area contributed by atoms with Gasteiger partial charge in [0, 0.05) is 25.7 Å². The van der Waals surface area contributed by atoms with Crippen LogP contribution in [0.3, 0.4) is 0 Å². The predicted octanol–water partition coefficient (Wildman–Crippen LogP) is 1.86. The third-order valence-electron chi connectivity index (χ3n) is 5.13. The van der Waals surface area contributed by atoms with Gasteiger partial charge in [0.05, 0.1) is 6.10 Å². The van der Waals surface area contributed by atoms with Gasteiger partial charge in [-0.25, -0.2) is 0 Å². The molecule has 0 amide bonds. The van der Waals surface area contributed by atoms with Gasteiger partial charge in [-0.2, -0.15) is 0 Å². The second kappa shape index (κ2) is 6.11. The lowest BCUT2D eigenvalue weighted by molar-refractivity contribution is 0.0339. The van der Waals surface area contributed by atoms with Crippen LogP contribution in [-0.2, 0) is 0 Å². The Morgan fingerprint density at radius 2 is 1.89 bits per heavy atom. The lowest BCUT2D eigenvalue weighted by Crippen LogP contribution is -2.52. The fourth-order valence-electron chi connectivity index (χ4n) is 3.46. The lowest BCUT2D eigenvalue weighted by atomic mass is 9.88. The highest BCUT2D eigenvalue weighted by Crippen LogP contribution is 2.32. The summed E-state index contributed by atoms with van der Waals surface area (Å²) in [5, 5.41) is 14.0. The summed E-state index contributed by atoms with van der Waals surface area (Å²) in [5.41, 5.74) is 0. The van der Waals surface area contributed by atoms with Gasteiger partial charge in [-0.1, -0.05) is 6.92 Å². The molecule has 110 valence electrons. The first-order valence-electron chi connectivity index (χ1n) is 8.38. The zero-order valence-electron chi connectivity index (χ0n) is 12.4. The first-order chi connectivity index (χ1) is 9.24. The molecule has 0 aromatic heterocycles. The Morgan fingerprint density at radius 3 is 2.53 bits per heavy atom. The van der Waals surface area contributed by atoms with Gasteiger partial charge in [-0.05, 0) is 62.8 Å². The molecule has 1 saturated heterocycles. The highest BCUT2D eigenvalue weighted by molar-refractivity contribution is 4.90. The average molecular weight is 266 g/mol. The standard InChI is InChI=1S/C16H30N2O/c1-2-16(19)14-7-15(17-8-12-3-4-12)11-18(10-14)9-13-5-6-13/h12-17,19H,2-11H2,1H3. The number of rotatable bonds is 7. The Morgan fingerprint density at radius 1 is 1.16 bits per heavy atom. The fourth-order valence-corrected chi connectivity index (χ4v) is 3.46. The molecule has 3 heteroatoms. The van der Waals surface area contributed by atoms with E-state index in [1.165, 1.54) is 51.7 Å². The molecule has 0 aromatic carbocycles. The van der Waals surface area contributed by atoms with Gasteiger partial charge in [-0.3, -0.25) is 0 Å². The second-order valence-corrected chi connectivity index (χ2v) is 7.18. The lowest BCUT2D eigenvalue weighted by Gasteiger charge is -2.40. The molecule has 0 aromatic rings. The quantitative estimate of drug-likeness (QED) is 0.738. The van der Waals surface area contributed by atoms with E-state index < -0.39 is 0 Å². The van der Waals surface area contributed by atoms with Crippen LogP contribution in [0.15, 0.2) is 0 Å². The van der Waals surface area contributed by atoms with Crippen LogP contribution in [0, 0.1) is 17.8 Å². The molecule has 3 nitrogen and oxygen atoms in total. The highest BCUT2D eigenvalue weighted by atomic mass is 16.3. The van der Waals surface area contributed by atoms with E-state index in [4.69, 9.17) is 0 Å². The summed E-state index contributed by atoms with van der Waals surface area (Å²) in [6.45, 7) is 6.91. The van der Waals surface area contributed by atoms with Gasteiger partial charge in [-0.15, -0.1) is 0 Å². The normalized spacial score (nSPS) is 34.4. The minimum absolute atomic E-state index is 0.104. The number of likely N-dealkylation sites (tertiary alicyclic amines) is 1. The van der Waals surface area contributed by atoms with E-state index in [-0.39, 0.29) is 6.10 Å². The van der Waals surface area contributed by atoms with E-state index >= 15 is 0 Å². The van der Waals surface area contributed by atoms with Gasteiger partial charge in [0.2, 0.25) is 0 Å². The van der Waals surface area contributed by atoms with Crippen molar-refractivity contribution >= 4 is 0 Å². The summed E-state index contributed by atoms with van der Waals surface area (Å²) in [7, 11) is 0.